The summed E-state index contributed by atoms with van der Waals surface area (Å²) >= 11 is 0. The normalized spacial score (nSPS) is 13.2. The van der Waals surface area contributed by atoms with E-state index in [-0.39, 0.29) is 11.8 Å². The molecule has 0 bridgehead atoms. The number of halogens is 6. The van der Waals surface area contributed by atoms with E-state index in [1.807, 2.05) is 60.7 Å². The average molecular weight is 646 g/mol. The highest BCUT2D eigenvalue weighted by Gasteiger charge is 2.43. The second-order valence-corrected chi connectivity index (χ2v) is 12.2. The molecule has 0 radical (unpaired) electrons. The summed E-state index contributed by atoms with van der Waals surface area (Å²) in [6.45, 7) is 5.24. The molecule has 4 aromatic rings. The fourth-order valence-corrected chi connectivity index (χ4v) is 5.74. The highest BCUT2D eigenvalue weighted by Crippen LogP contribution is 2.41. The van der Waals surface area contributed by atoms with Crippen LogP contribution >= 0.6 is 0 Å². The third-order valence-electron chi connectivity index (χ3n) is 7.92. The molecule has 46 heavy (non-hydrogen) atoms. The Labute approximate surface area is 262 Å². The van der Waals surface area contributed by atoms with Crippen LogP contribution in [-0.4, -0.2) is 38.0 Å². The lowest BCUT2D eigenvalue weighted by Gasteiger charge is -2.43. The molecule has 0 aliphatic rings. The van der Waals surface area contributed by atoms with Gasteiger partial charge in [0.1, 0.15) is 17.4 Å². The van der Waals surface area contributed by atoms with E-state index in [0.717, 1.165) is 23.1 Å². The molecule has 0 spiro atoms. The summed E-state index contributed by atoms with van der Waals surface area (Å²) in [5.41, 5.74) is -5.84. The Morgan fingerprint density at radius 2 is 1.07 bits per heavy atom. The van der Waals surface area contributed by atoms with Crippen molar-refractivity contribution >= 4 is 23.0 Å². The fourth-order valence-electron chi connectivity index (χ4n) is 5.74. The molecule has 4 aromatic carbocycles. The zero-order chi connectivity index (χ0) is 34.4. The molecule has 6 nitrogen and oxygen atoms in total. The third kappa shape index (κ3) is 6.66. The minimum atomic E-state index is -5.12. The van der Waals surface area contributed by atoms with Crippen LogP contribution in [0.25, 0.3) is 0 Å². The van der Waals surface area contributed by atoms with Crippen molar-refractivity contribution in [2.75, 3.05) is 30.9 Å². The van der Waals surface area contributed by atoms with Crippen LogP contribution in [0.2, 0.25) is 0 Å². The van der Waals surface area contributed by atoms with Crippen LogP contribution in [0, 0.1) is 5.41 Å². The van der Waals surface area contributed by atoms with Gasteiger partial charge in [0.2, 0.25) is 5.91 Å². The molecule has 0 heterocycles. The maximum atomic E-state index is 14.4. The summed E-state index contributed by atoms with van der Waals surface area (Å²) in [6, 6.07) is 17.8. The topological polar surface area (TPSA) is 60.9 Å². The Morgan fingerprint density at radius 1 is 0.652 bits per heavy atom. The van der Waals surface area contributed by atoms with Gasteiger partial charge in [-0.05, 0) is 34.7 Å². The Balaban J connectivity index is 1.80. The average Bonchev–Trinajstić information content (AvgIpc) is 2.98. The summed E-state index contributed by atoms with van der Waals surface area (Å²) in [5.74, 6) is -0.437. The molecule has 0 fully saturated rings. The number of carbonyl (C=O) groups excluding carboxylic acids is 1. The van der Waals surface area contributed by atoms with E-state index >= 15 is 0 Å². The lowest BCUT2D eigenvalue weighted by Crippen LogP contribution is -2.57. The number of amides is 1. The Bertz CT molecular complexity index is 1700. The van der Waals surface area contributed by atoms with Crippen LogP contribution in [-0.2, 0) is 17.1 Å². The molecule has 1 atom stereocenters. The largest absolute Gasteiger partial charge is 0.416 e. The van der Waals surface area contributed by atoms with Crippen molar-refractivity contribution in [1.82, 2.24) is 4.90 Å². The molecule has 0 aliphatic carbocycles. The van der Waals surface area contributed by atoms with Crippen LogP contribution < -0.4 is 20.7 Å². The zero-order valence-corrected chi connectivity index (χ0v) is 26.0. The van der Waals surface area contributed by atoms with Crippen LogP contribution in [0.4, 0.5) is 43.4 Å². The van der Waals surface area contributed by atoms with Gasteiger partial charge in [-0.3, -0.25) is 14.4 Å². The number of rotatable bonds is 8. The van der Waals surface area contributed by atoms with Gasteiger partial charge in [-0.2, -0.15) is 26.3 Å². The van der Waals surface area contributed by atoms with Crippen molar-refractivity contribution < 1.29 is 31.1 Å². The summed E-state index contributed by atoms with van der Waals surface area (Å²) < 4.78 is 81.5. The number of benzene rings is 3. The predicted octanol–water partition coefficient (Wildman–Crippen LogP) is 7.19. The van der Waals surface area contributed by atoms with Gasteiger partial charge in [-0.25, -0.2) is 0 Å². The molecular formula is C34H33F6N3O3. The zero-order valence-electron chi connectivity index (χ0n) is 26.0. The molecular weight excluding hydrogens is 612 g/mol. The maximum Gasteiger partial charge on any atom is 0.416 e. The van der Waals surface area contributed by atoms with E-state index in [1.165, 1.54) is 16.8 Å². The van der Waals surface area contributed by atoms with Gasteiger partial charge in [0.25, 0.3) is 10.9 Å². The maximum absolute atomic E-state index is 14.4. The first-order valence-corrected chi connectivity index (χ1v) is 14.2. The number of anilines is 3. The molecule has 0 saturated carbocycles. The lowest BCUT2D eigenvalue weighted by molar-refractivity contribution is -0.143. The molecule has 1 amide bonds. The first-order chi connectivity index (χ1) is 21.2. The molecule has 0 unspecified atom stereocenters. The van der Waals surface area contributed by atoms with Gasteiger partial charge < -0.3 is 14.7 Å². The van der Waals surface area contributed by atoms with Crippen LogP contribution in [0.1, 0.15) is 49.1 Å². The van der Waals surface area contributed by atoms with Crippen molar-refractivity contribution in [2.24, 2.45) is 5.41 Å². The van der Waals surface area contributed by atoms with Crippen molar-refractivity contribution in [3.05, 3.63) is 122 Å². The quantitative estimate of drug-likeness (QED) is 0.150. The van der Waals surface area contributed by atoms with Crippen molar-refractivity contribution in [3.8, 4) is 0 Å². The smallest absolute Gasteiger partial charge is 0.357 e. The monoisotopic (exact) mass is 645 g/mol. The van der Waals surface area contributed by atoms with Crippen LogP contribution in [0.5, 0.6) is 0 Å². The molecule has 0 aliphatic heterocycles. The van der Waals surface area contributed by atoms with E-state index in [2.05, 4.69) is 0 Å². The minimum Gasteiger partial charge on any atom is -0.357 e. The second kappa shape index (κ2) is 12.3. The summed E-state index contributed by atoms with van der Waals surface area (Å²) in [6.07, 6.45) is -10.2. The van der Waals surface area contributed by atoms with E-state index in [1.54, 1.807) is 27.8 Å². The number of hydrogen-bond acceptors (Lipinski definition) is 5. The molecule has 12 heteroatoms. The van der Waals surface area contributed by atoms with Gasteiger partial charge in [0.15, 0.2) is 0 Å². The van der Waals surface area contributed by atoms with Gasteiger partial charge in [0.05, 0.1) is 17.2 Å². The fraction of sp³-hybridized carbons (Fsp3) is 0.324. The molecule has 244 valence electrons. The number of carbonyl (C=O) groups is 1. The van der Waals surface area contributed by atoms with Crippen LogP contribution in [0.15, 0.2) is 88.5 Å². The van der Waals surface area contributed by atoms with E-state index in [9.17, 15) is 40.7 Å². The van der Waals surface area contributed by atoms with Crippen molar-refractivity contribution in [2.45, 2.75) is 45.2 Å². The van der Waals surface area contributed by atoms with Crippen molar-refractivity contribution in [3.63, 3.8) is 0 Å². The highest BCUT2D eigenvalue weighted by atomic mass is 19.4. The minimum absolute atomic E-state index is 0.0213. The first-order valence-electron chi connectivity index (χ1n) is 14.2. The number of nitrogens with zero attached hydrogens (tertiary/aromatic N) is 3. The van der Waals surface area contributed by atoms with E-state index in [4.69, 9.17) is 0 Å². The Kier molecular flexibility index (Phi) is 9.16. The molecule has 0 N–H and O–H groups in total. The van der Waals surface area contributed by atoms with E-state index in [0.29, 0.717) is 12.1 Å². The predicted molar refractivity (Wildman–Crippen MR) is 165 cm³/mol. The van der Waals surface area contributed by atoms with Crippen molar-refractivity contribution in [1.29, 1.82) is 0 Å². The van der Waals surface area contributed by atoms with Crippen LogP contribution in [0.3, 0.4) is 0 Å². The molecule has 4 rings (SSSR count). The summed E-state index contributed by atoms with van der Waals surface area (Å²) in [4.78, 5) is 44.0. The van der Waals surface area contributed by atoms with Gasteiger partial charge in [-0.1, -0.05) is 81.4 Å². The first kappa shape index (κ1) is 34.3. The lowest BCUT2D eigenvalue weighted by atomic mass is 9.83. The summed E-state index contributed by atoms with van der Waals surface area (Å²) in [7, 11) is 4.11. The van der Waals surface area contributed by atoms with Gasteiger partial charge in [-0.15, -0.1) is 0 Å². The number of alkyl halides is 6. The Hall–Kier alpha value is -4.61. The number of hydrogen-bond donors (Lipinski definition) is 0. The summed E-state index contributed by atoms with van der Waals surface area (Å²) in [5, 5.41) is 0. The SMILES string of the molecule is CN(c1cc(C(F)(F)F)cc(C(F)(F)F)c1)c1c(N(C)[C@H](C(=O)N(C)C(c2ccccc2)c2ccccc2)C(C)(C)C)c(=O)c1=O. The second-order valence-electron chi connectivity index (χ2n) is 12.2. The van der Waals surface area contributed by atoms with Gasteiger partial charge in [0, 0.05) is 26.8 Å². The Morgan fingerprint density at radius 3 is 1.46 bits per heavy atom. The number of likely N-dealkylation sites (N-methyl/N-ethyl adjacent to an activating group) is 2. The highest BCUT2D eigenvalue weighted by molar-refractivity contribution is 5.90. The standard InChI is InChI=1S/C34H33F6N3O3/c1-32(2,3)30(31(46)43(6)25(20-13-9-7-10-14-20)21-15-11-8-12-16-21)42(5)27-26(28(44)29(27)45)41(4)24-18-22(33(35,36)37)17-23(19-24)34(38,39)40/h7-19,25,30H,1-6H3/t30-/m1/s1. The molecule has 0 saturated heterocycles. The third-order valence-corrected chi connectivity index (χ3v) is 7.92. The molecule has 0 aromatic heterocycles. The van der Waals surface area contributed by atoms with Gasteiger partial charge >= 0.3 is 12.4 Å². The van der Waals surface area contributed by atoms with E-state index < -0.39 is 69.1 Å².